The molecule has 2 atom stereocenters. The van der Waals surface area contributed by atoms with E-state index in [0.29, 0.717) is 13.0 Å². The van der Waals surface area contributed by atoms with Crippen molar-refractivity contribution in [3.63, 3.8) is 0 Å². The monoisotopic (exact) mass is 238 g/mol. The molecule has 5 nitrogen and oxygen atoms in total. The molecule has 96 valence electrons. The van der Waals surface area contributed by atoms with Gasteiger partial charge in [0.1, 0.15) is 0 Å². The van der Waals surface area contributed by atoms with Crippen molar-refractivity contribution in [3.8, 4) is 0 Å². The quantitative estimate of drug-likeness (QED) is 0.672. The Morgan fingerprint density at radius 2 is 2.29 bits per heavy atom. The maximum atomic E-state index is 11.5. The third-order valence-corrected chi connectivity index (χ3v) is 2.84. The summed E-state index contributed by atoms with van der Waals surface area (Å²) in [5.41, 5.74) is 1.10. The summed E-state index contributed by atoms with van der Waals surface area (Å²) in [5, 5.41) is 12.9. The van der Waals surface area contributed by atoms with E-state index in [4.69, 9.17) is 0 Å². The summed E-state index contributed by atoms with van der Waals surface area (Å²) in [7, 11) is 0. The fourth-order valence-electron chi connectivity index (χ4n) is 1.47. The molecule has 0 fully saturated rings. The highest BCUT2D eigenvalue weighted by Crippen LogP contribution is 2.08. The molecule has 0 saturated carbocycles. The van der Waals surface area contributed by atoms with E-state index in [1.807, 2.05) is 13.1 Å². The lowest BCUT2D eigenvalue weighted by Crippen LogP contribution is -2.34. The normalized spacial score (nSPS) is 14.3. The van der Waals surface area contributed by atoms with Gasteiger partial charge in [-0.2, -0.15) is 5.10 Å². The van der Waals surface area contributed by atoms with E-state index in [-0.39, 0.29) is 18.0 Å². The van der Waals surface area contributed by atoms with Crippen molar-refractivity contribution < 1.29 is 4.79 Å². The van der Waals surface area contributed by atoms with E-state index in [9.17, 15) is 4.79 Å². The molecule has 0 aliphatic heterocycles. The van der Waals surface area contributed by atoms with Crippen molar-refractivity contribution in [2.45, 2.75) is 45.7 Å². The first-order chi connectivity index (χ1) is 8.13. The van der Waals surface area contributed by atoms with E-state index in [1.54, 1.807) is 6.20 Å². The molecular weight excluding hydrogens is 216 g/mol. The van der Waals surface area contributed by atoms with E-state index in [1.165, 1.54) is 0 Å². The van der Waals surface area contributed by atoms with Crippen molar-refractivity contribution in [1.82, 2.24) is 20.8 Å². The molecule has 0 bridgehead atoms. The largest absolute Gasteiger partial charge is 0.354 e. The summed E-state index contributed by atoms with van der Waals surface area (Å²) in [6.45, 7) is 6.80. The van der Waals surface area contributed by atoms with Gasteiger partial charge in [-0.15, -0.1) is 0 Å². The maximum Gasteiger partial charge on any atom is 0.221 e. The van der Waals surface area contributed by atoms with E-state index >= 15 is 0 Å². The van der Waals surface area contributed by atoms with Gasteiger partial charge in [-0.1, -0.05) is 6.92 Å². The molecule has 5 heteroatoms. The van der Waals surface area contributed by atoms with Crippen LogP contribution in [0.2, 0.25) is 0 Å². The summed E-state index contributed by atoms with van der Waals surface area (Å²) in [6, 6.07) is 0.471. The van der Waals surface area contributed by atoms with Crippen LogP contribution in [0.5, 0.6) is 0 Å². The second-order valence-electron chi connectivity index (χ2n) is 4.33. The summed E-state index contributed by atoms with van der Waals surface area (Å²) in [4.78, 5) is 11.5. The Morgan fingerprint density at radius 3 is 2.88 bits per heavy atom. The number of aromatic nitrogens is 2. The molecule has 3 N–H and O–H groups in total. The Balaban J connectivity index is 2.17. The highest BCUT2D eigenvalue weighted by Gasteiger charge is 2.08. The van der Waals surface area contributed by atoms with Crippen molar-refractivity contribution in [2.24, 2.45) is 0 Å². The Bertz CT molecular complexity index is 323. The number of rotatable bonds is 7. The predicted octanol–water partition coefficient (Wildman–Crippen LogP) is 1.37. The fraction of sp³-hybridized carbons (Fsp3) is 0.667. The summed E-state index contributed by atoms with van der Waals surface area (Å²) < 4.78 is 0. The maximum absolute atomic E-state index is 11.5. The van der Waals surface area contributed by atoms with Gasteiger partial charge in [0.05, 0.1) is 6.20 Å². The molecular formula is C12H22N4O. The minimum Gasteiger partial charge on any atom is -0.354 e. The SMILES string of the molecule is CCC(C)NC(=O)CCNC(C)c1cn[nH]c1. The van der Waals surface area contributed by atoms with Crippen LogP contribution in [-0.4, -0.2) is 28.7 Å². The van der Waals surface area contributed by atoms with E-state index in [0.717, 1.165) is 12.0 Å². The number of H-pyrrole nitrogens is 1. The number of hydrogen-bond acceptors (Lipinski definition) is 3. The topological polar surface area (TPSA) is 69.8 Å². The Hall–Kier alpha value is -1.36. The van der Waals surface area contributed by atoms with Crippen molar-refractivity contribution in [3.05, 3.63) is 18.0 Å². The molecule has 0 saturated heterocycles. The van der Waals surface area contributed by atoms with Crippen molar-refractivity contribution in [1.29, 1.82) is 0 Å². The van der Waals surface area contributed by atoms with E-state index < -0.39 is 0 Å². The summed E-state index contributed by atoms with van der Waals surface area (Å²) in [5.74, 6) is 0.103. The fourth-order valence-corrected chi connectivity index (χ4v) is 1.47. The Morgan fingerprint density at radius 1 is 1.53 bits per heavy atom. The molecule has 17 heavy (non-hydrogen) atoms. The second kappa shape index (κ2) is 7.06. The van der Waals surface area contributed by atoms with E-state index in [2.05, 4.69) is 34.7 Å². The minimum absolute atomic E-state index is 0.103. The van der Waals surface area contributed by atoms with Gasteiger partial charge in [-0.05, 0) is 20.3 Å². The van der Waals surface area contributed by atoms with Crippen molar-refractivity contribution in [2.75, 3.05) is 6.54 Å². The summed E-state index contributed by atoms with van der Waals surface area (Å²) >= 11 is 0. The number of nitrogens with zero attached hydrogens (tertiary/aromatic N) is 1. The van der Waals surface area contributed by atoms with Crippen LogP contribution in [0.15, 0.2) is 12.4 Å². The highest BCUT2D eigenvalue weighted by atomic mass is 16.1. The number of aromatic amines is 1. The second-order valence-corrected chi connectivity index (χ2v) is 4.33. The Kier molecular flexibility index (Phi) is 5.69. The smallest absolute Gasteiger partial charge is 0.221 e. The third kappa shape index (κ3) is 4.99. The number of hydrogen-bond donors (Lipinski definition) is 3. The molecule has 0 radical (unpaired) electrons. The van der Waals surface area contributed by atoms with Gasteiger partial charge in [0.2, 0.25) is 5.91 Å². The van der Waals surface area contributed by atoms with Crippen LogP contribution in [0, 0.1) is 0 Å². The number of amides is 1. The van der Waals surface area contributed by atoms with Crippen LogP contribution in [0.3, 0.4) is 0 Å². The predicted molar refractivity (Wildman–Crippen MR) is 67.5 cm³/mol. The van der Waals surface area contributed by atoms with Gasteiger partial charge < -0.3 is 10.6 Å². The van der Waals surface area contributed by atoms with Gasteiger partial charge in [-0.25, -0.2) is 0 Å². The molecule has 0 aromatic carbocycles. The molecule has 1 aromatic rings. The number of nitrogens with one attached hydrogen (secondary N) is 3. The lowest BCUT2D eigenvalue weighted by Gasteiger charge is -2.14. The first kappa shape index (κ1) is 13.7. The third-order valence-electron chi connectivity index (χ3n) is 2.84. The van der Waals surface area contributed by atoms with Crippen LogP contribution < -0.4 is 10.6 Å². The molecule has 1 heterocycles. The minimum atomic E-state index is 0.103. The van der Waals surface area contributed by atoms with Gasteiger partial charge >= 0.3 is 0 Å². The standard InChI is InChI=1S/C12H22N4O/c1-4-9(2)16-12(17)5-6-13-10(3)11-7-14-15-8-11/h7-10,13H,4-6H2,1-3H3,(H,14,15)(H,16,17). The molecule has 1 aromatic heterocycles. The lowest BCUT2D eigenvalue weighted by molar-refractivity contribution is -0.121. The van der Waals surface area contributed by atoms with Gasteiger partial charge in [-0.3, -0.25) is 9.89 Å². The van der Waals surface area contributed by atoms with Gasteiger partial charge in [0.15, 0.2) is 0 Å². The average molecular weight is 238 g/mol. The van der Waals surface area contributed by atoms with Crippen LogP contribution >= 0.6 is 0 Å². The zero-order valence-electron chi connectivity index (χ0n) is 10.8. The summed E-state index contributed by atoms with van der Waals surface area (Å²) in [6.07, 6.45) is 5.12. The van der Waals surface area contributed by atoms with Crippen LogP contribution in [0.25, 0.3) is 0 Å². The first-order valence-electron chi connectivity index (χ1n) is 6.15. The van der Waals surface area contributed by atoms with Gasteiger partial charge in [0, 0.05) is 36.8 Å². The zero-order valence-corrected chi connectivity index (χ0v) is 10.8. The molecule has 0 spiro atoms. The first-order valence-corrected chi connectivity index (χ1v) is 6.15. The highest BCUT2D eigenvalue weighted by molar-refractivity contribution is 5.76. The number of carbonyl (C=O) groups excluding carboxylic acids is 1. The van der Waals surface area contributed by atoms with Gasteiger partial charge in [0.25, 0.3) is 0 Å². The number of carbonyl (C=O) groups is 1. The lowest BCUT2D eigenvalue weighted by atomic mass is 10.2. The molecule has 0 aliphatic rings. The van der Waals surface area contributed by atoms with Crippen LogP contribution in [0.4, 0.5) is 0 Å². The molecule has 1 rings (SSSR count). The van der Waals surface area contributed by atoms with Crippen molar-refractivity contribution >= 4 is 5.91 Å². The average Bonchev–Trinajstić information content (AvgIpc) is 2.82. The molecule has 0 aliphatic carbocycles. The molecule has 1 amide bonds. The zero-order chi connectivity index (χ0) is 12.7. The Labute approximate surface area is 102 Å². The molecule has 2 unspecified atom stereocenters. The van der Waals surface area contributed by atoms with Crippen LogP contribution in [0.1, 0.15) is 45.2 Å². The van der Waals surface area contributed by atoms with Crippen LogP contribution in [-0.2, 0) is 4.79 Å².